The van der Waals surface area contributed by atoms with Gasteiger partial charge in [-0.15, -0.1) is 5.10 Å². The lowest BCUT2D eigenvalue weighted by atomic mass is 10.2. The molecule has 0 amide bonds. The third kappa shape index (κ3) is 2.83. The number of anilines is 2. The summed E-state index contributed by atoms with van der Waals surface area (Å²) in [7, 11) is 3.16. The van der Waals surface area contributed by atoms with Gasteiger partial charge in [0.2, 0.25) is 6.79 Å². The van der Waals surface area contributed by atoms with Crippen LogP contribution in [0.25, 0.3) is 21.7 Å². The highest BCUT2D eigenvalue weighted by atomic mass is 32.1. The smallest absolute Gasteiger partial charge is 0.322 e. The molecule has 0 spiro atoms. The monoisotopic (exact) mass is 398 g/mol. The fourth-order valence-corrected chi connectivity index (χ4v) is 3.69. The second-order valence-electron chi connectivity index (χ2n) is 5.80. The lowest BCUT2D eigenvalue weighted by molar-refractivity contribution is 0.174. The third-order valence-corrected chi connectivity index (χ3v) is 5.09. The van der Waals surface area contributed by atoms with Crippen molar-refractivity contribution in [2.45, 2.75) is 0 Å². The van der Waals surface area contributed by atoms with E-state index in [2.05, 4.69) is 20.5 Å². The number of methoxy groups -OCH3 is 2. The molecule has 5 rings (SSSR count). The first-order valence-corrected chi connectivity index (χ1v) is 9.08. The van der Waals surface area contributed by atoms with E-state index in [1.54, 1.807) is 32.4 Å². The van der Waals surface area contributed by atoms with Crippen LogP contribution in [0.1, 0.15) is 0 Å². The van der Waals surface area contributed by atoms with E-state index in [9.17, 15) is 0 Å². The summed E-state index contributed by atoms with van der Waals surface area (Å²) in [5.74, 6) is 2.98. The van der Waals surface area contributed by atoms with E-state index in [1.807, 2.05) is 12.1 Å². The number of nitrogens with zero attached hydrogens (tertiary/aromatic N) is 3. The fourth-order valence-electron chi connectivity index (χ4n) is 2.82. The van der Waals surface area contributed by atoms with Gasteiger partial charge in [-0.3, -0.25) is 5.32 Å². The predicted molar refractivity (Wildman–Crippen MR) is 102 cm³/mol. The Morgan fingerprint density at radius 3 is 2.71 bits per heavy atom. The molecule has 0 bridgehead atoms. The van der Waals surface area contributed by atoms with E-state index < -0.39 is 0 Å². The van der Waals surface area contributed by atoms with Crippen LogP contribution in [0.3, 0.4) is 0 Å². The summed E-state index contributed by atoms with van der Waals surface area (Å²) in [5, 5.41) is 11.8. The average molecular weight is 398 g/mol. The number of hydrogen-bond acceptors (Lipinski definition) is 10. The zero-order valence-electron chi connectivity index (χ0n) is 14.9. The molecule has 2 aromatic heterocycles. The Kier molecular flexibility index (Phi) is 3.90. The van der Waals surface area contributed by atoms with Crippen LogP contribution in [0.4, 0.5) is 11.1 Å². The Hall–Kier alpha value is -3.53. The highest BCUT2D eigenvalue weighted by Gasteiger charge is 2.18. The molecule has 1 N–H and O–H groups in total. The highest BCUT2D eigenvalue weighted by molar-refractivity contribution is 7.22. The van der Waals surface area contributed by atoms with Gasteiger partial charge in [-0.1, -0.05) is 16.4 Å². The largest absolute Gasteiger partial charge is 0.497 e. The number of benzene rings is 2. The second-order valence-corrected chi connectivity index (χ2v) is 6.83. The fraction of sp³-hybridized carbons (Fsp3) is 0.167. The van der Waals surface area contributed by atoms with Crippen molar-refractivity contribution in [3.05, 3.63) is 30.3 Å². The van der Waals surface area contributed by atoms with E-state index in [4.69, 9.17) is 23.4 Å². The molecule has 0 aliphatic carbocycles. The summed E-state index contributed by atoms with van der Waals surface area (Å²) in [6.07, 6.45) is 0. The van der Waals surface area contributed by atoms with Crippen molar-refractivity contribution < 1.29 is 23.4 Å². The molecule has 1 aliphatic rings. The molecule has 10 heteroatoms. The summed E-state index contributed by atoms with van der Waals surface area (Å²) in [5.41, 5.74) is 1.46. The second kappa shape index (κ2) is 6.57. The van der Waals surface area contributed by atoms with Crippen LogP contribution in [-0.4, -0.2) is 36.2 Å². The first-order valence-electron chi connectivity index (χ1n) is 8.26. The van der Waals surface area contributed by atoms with Crippen molar-refractivity contribution in [1.82, 2.24) is 15.2 Å². The van der Waals surface area contributed by atoms with Crippen molar-refractivity contribution in [2.24, 2.45) is 0 Å². The number of ether oxygens (including phenoxy) is 4. The van der Waals surface area contributed by atoms with E-state index in [0.717, 1.165) is 16.0 Å². The van der Waals surface area contributed by atoms with Crippen LogP contribution < -0.4 is 24.3 Å². The van der Waals surface area contributed by atoms with Gasteiger partial charge < -0.3 is 23.4 Å². The first-order chi connectivity index (χ1) is 13.7. The van der Waals surface area contributed by atoms with Crippen LogP contribution in [0.2, 0.25) is 0 Å². The normalized spacial score (nSPS) is 12.4. The van der Waals surface area contributed by atoms with Gasteiger partial charge in [0.25, 0.3) is 5.89 Å². The van der Waals surface area contributed by atoms with E-state index >= 15 is 0 Å². The minimum atomic E-state index is 0.229. The topological polar surface area (TPSA) is 101 Å². The van der Waals surface area contributed by atoms with Gasteiger partial charge in [-0.05, 0) is 12.1 Å². The molecule has 9 nitrogen and oxygen atoms in total. The van der Waals surface area contributed by atoms with E-state index in [0.29, 0.717) is 33.8 Å². The summed E-state index contributed by atoms with van der Waals surface area (Å²) in [4.78, 5) is 4.53. The van der Waals surface area contributed by atoms with Gasteiger partial charge in [-0.2, -0.15) is 0 Å². The van der Waals surface area contributed by atoms with Gasteiger partial charge in [0.15, 0.2) is 16.6 Å². The average Bonchev–Trinajstić information content (AvgIpc) is 3.44. The van der Waals surface area contributed by atoms with E-state index in [-0.39, 0.29) is 12.8 Å². The van der Waals surface area contributed by atoms with Crippen LogP contribution in [-0.2, 0) is 0 Å². The van der Waals surface area contributed by atoms with Crippen molar-refractivity contribution in [1.29, 1.82) is 0 Å². The number of aromatic nitrogens is 3. The van der Waals surface area contributed by atoms with Gasteiger partial charge >= 0.3 is 6.01 Å². The van der Waals surface area contributed by atoms with Gasteiger partial charge in [0.1, 0.15) is 11.5 Å². The summed E-state index contributed by atoms with van der Waals surface area (Å²) >= 11 is 1.45. The maximum absolute atomic E-state index is 5.73. The van der Waals surface area contributed by atoms with Crippen LogP contribution in [0, 0.1) is 0 Å². The minimum Gasteiger partial charge on any atom is -0.497 e. The lowest BCUT2D eigenvalue weighted by Crippen LogP contribution is -1.92. The molecule has 0 saturated heterocycles. The molecule has 3 heterocycles. The Bertz CT molecular complexity index is 1130. The summed E-state index contributed by atoms with van der Waals surface area (Å²) in [6.45, 7) is 0.233. The molecule has 0 radical (unpaired) electrons. The first kappa shape index (κ1) is 16.6. The van der Waals surface area contributed by atoms with Crippen molar-refractivity contribution >= 4 is 32.7 Å². The van der Waals surface area contributed by atoms with Crippen molar-refractivity contribution in [2.75, 3.05) is 26.3 Å². The molecule has 2 aromatic carbocycles. The molecule has 0 atom stereocenters. The third-order valence-electron chi connectivity index (χ3n) is 4.16. The molecular formula is C18H14N4O5S. The number of hydrogen-bond donors (Lipinski definition) is 1. The lowest BCUT2D eigenvalue weighted by Gasteiger charge is -2.07. The van der Waals surface area contributed by atoms with Gasteiger partial charge in [0, 0.05) is 18.2 Å². The molecule has 0 saturated carbocycles. The molecule has 0 fully saturated rings. The van der Waals surface area contributed by atoms with E-state index in [1.165, 1.54) is 11.3 Å². The van der Waals surface area contributed by atoms with Crippen LogP contribution in [0.15, 0.2) is 34.7 Å². The molecule has 0 unspecified atom stereocenters. The Labute approximate surface area is 162 Å². The van der Waals surface area contributed by atoms with Gasteiger partial charge in [-0.25, -0.2) is 4.98 Å². The molecule has 4 aromatic rings. The molecular weight excluding hydrogens is 384 g/mol. The maximum Gasteiger partial charge on any atom is 0.322 e. The molecule has 142 valence electrons. The minimum absolute atomic E-state index is 0.229. The molecule has 28 heavy (non-hydrogen) atoms. The predicted octanol–water partition coefficient (Wildman–Crippen LogP) is 3.84. The zero-order chi connectivity index (χ0) is 19.1. The van der Waals surface area contributed by atoms with Crippen LogP contribution >= 0.6 is 11.3 Å². The zero-order valence-corrected chi connectivity index (χ0v) is 15.7. The van der Waals surface area contributed by atoms with Crippen molar-refractivity contribution in [3.8, 4) is 34.5 Å². The summed E-state index contributed by atoms with van der Waals surface area (Å²) < 4.78 is 28.1. The summed E-state index contributed by atoms with van der Waals surface area (Å²) in [6, 6.07) is 9.33. The van der Waals surface area contributed by atoms with Crippen molar-refractivity contribution in [3.63, 3.8) is 0 Å². The SMILES string of the molecule is COc1ccc(-c2nnc(Nc3nc4cc5c(cc4s3)OCO5)o2)c(OC)c1. The standard InChI is InChI=1S/C18H14N4O5S/c1-23-9-3-4-10(12(5-9)24-2)16-21-22-17(27-16)20-18-19-11-6-13-14(26-8-25-13)7-15(11)28-18/h3-7H,8H2,1-2H3,(H,19,20,22). The quantitative estimate of drug-likeness (QED) is 0.537. The highest BCUT2D eigenvalue weighted by Crippen LogP contribution is 2.39. The number of fused-ring (bicyclic) bond motifs is 2. The van der Waals surface area contributed by atoms with Crippen LogP contribution in [0.5, 0.6) is 23.0 Å². The number of rotatable bonds is 5. The number of thiazole rings is 1. The maximum atomic E-state index is 5.73. The van der Waals surface area contributed by atoms with Gasteiger partial charge in [0.05, 0.1) is 30.0 Å². The Morgan fingerprint density at radius 2 is 1.89 bits per heavy atom. The Morgan fingerprint density at radius 1 is 1.04 bits per heavy atom. The molecule has 1 aliphatic heterocycles. The Balaban J connectivity index is 1.42. The number of nitrogens with one attached hydrogen (secondary N) is 1.